The average Bonchev–Trinajstić information content (AvgIpc) is 3.18. The van der Waals surface area contributed by atoms with Crippen LogP contribution in [0.25, 0.3) is 0 Å². The summed E-state index contributed by atoms with van der Waals surface area (Å²) in [5, 5.41) is 7.46. The number of piperidine rings is 1. The number of nitrogens with one attached hydrogen (secondary N) is 1. The quantitative estimate of drug-likeness (QED) is 0.867. The molecule has 2 fully saturated rings. The summed E-state index contributed by atoms with van der Waals surface area (Å²) < 4.78 is 1.83. The second-order valence-electron chi connectivity index (χ2n) is 6.66. The van der Waals surface area contributed by atoms with Gasteiger partial charge in [-0.05, 0) is 32.1 Å². The minimum absolute atomic E-state index is 0.155. The van der Waals surface area contributed by atoms with Crippen LogP contribution in [0.15, 0.2) is 12.4 Å². The third-order valence-electron chi connectivity index (χ3n) is 4.76. The summed E-state index contributed by atoms with van der Waals surface area (Å²) in [6.45, 7) is 2.42. The first-order valence-electron chi connectivity index (χ1n) is 8.43. The molecule has 2 aliphatic heterocycles. The predicted molar refractivity (Wildman–Crippen MR) is 94.9 cm³/mol. The first-order valence-corrected chi connectivity index (χ1v) is 9.58. The van der Waals surface area contributed by atoms with E-state index >= 15 is 0 Å². The van der Waals surface area contributed by atoms with E-state index in [9.17, 15) is 4.79 Å². The normalized spacial score (nSPS) is 25.1. The van der Waals surface area contributed by atoms with Crippen molar-refractivity contribution in [1.82, 2.24) is 20.0 Å². The standard InChI is InChI=1S/C16H27N5OS/c1-19(14-5-7-23-12-14)11-16(22)18-13-4-3-6-21(9-13)15-8-17-20(2)10-15/h8,10,13-14H,3-7,9,11-12H2,1-2H3,(H,18,22). The van der Waals surface area contributed by atoms with Crippen LogP contribution >= 0.6 is 11.8 Å². The second kappa shape index (κ2) is 7.57. The number of anilines is 1. The van der Waals surface area contributed by atoms with Gasteiger partial charge in [0.25, 0.3) is 0 Å². The molecule has 3 rings (SSSR count). The van der Waals surface area contributed by atoms with Gasteiger partial charge in [-0.1, -0.05) is 0 Å². The minimum Gasteiger partial charge on any atom is -0.367 e. The Hall–Kier alpha value is -1.21. The lowest BCUT2D eigenvalue weighted by atomic mass is 10.1. The summed E-state index contributed by atoms with van der Waals surface area (Å²) in [5.41, 5.74) is 1.14. The maximum atomic E-state index is 12.3. The number of nitrogens with zero attached hydrogens (tertiary/aromatic N) is 4. The van der Waals surface area contributed by atoms with E-state index in [1.54, 1.807) is 0 Å². The lowest BCUT2D eigenvalue weighted by Crippen LogP contribution is -2.50. The van der Waals surface area contributed by atoms with Crippen LogP contribution in [0.3, 0.4) is 0 Å². The van der Waals surface area contributed by atoms with E-state index in [1.807, 2.05) is 35.9 Å². The Kier molecular flexibility index (Phi) is 5.48. The molecule has 1 aromatic heterocycles. The first-order chi connectivity index (χ1) is 11.1. The molecule has 2 saturated heterocycles. The molecular formula is C16H27N5OS. The average molecular weight is 337 g/mol. The fourth-order valence-corrected chi connectivity index (χ4v) is 4.70. The molecule has 1 N–H and O–H groups in total. The van der Waals surface area contributed by atoms with Gasteiger partial charge in [-0.25, -0.2) is 0 Å². The largest absolute Gasteiger partial charge is 0.367 e. The van der Waals surface area contributed by atoms with Crippen molar-refractivity contribution in [3.05, 3.63) is 12.4 Å². The molecule has 128 valence electrons. The molecule has 0 aromatic carbocycles. The molecule has 6 nitrogen and oxygen atoms in total. The molecule has 0 radical (unpaired) electrons. The summed E-state index contributed by atoms with van der Waals surface area (Å²) in [6, 6.07) is 0.798. The molecule has 0 saturated carbocycles. The van der Waals surface area contributed by atoms with Gasteiger partial charge in [-0.3, -0.25) is 14.4 Å². The maximum Gasteiger partial charge on any atom is 0.234 e. The van der Waals surface area contributed by atoms with Crippen LogP contribution in [0.1, 0.15) is 19.3 Å². The zero-order valence-electron chi connectivity index (χ0n) is 14.1. The van der Waals surface area contributed by atoms with Gasteiger partial charge in [0.15, 0.2) is 0 Å². The van der Waals surface area contributed by atoms with Gasteiger partial charge in [0.1, 0.15) is 0 Å². The highest BCUT2D eigenvalue weighted by atomic mass is 32.2. The number of aromatic nitrogens is 2. The van der Waals surface area contributed by atoms with Crippen molar-refractivity contribution in [1.29, 1.82) is 0 Å². The molecule has 0 spiro atoms. The van der Waals surface area contributed by atoms with Gasteiger partial charge in [-0.15, -0.1) is 0 Å². The highest BCUT2D eigenvalue weighted by Gasteiger charge is 2.25. The van der Waals surface area contributed by atoms with Gasteiger partial charge in [-0.2, -0.15) is 16.9 Å². The zero-order chi connectivity index (χ0) is 16.2. The second-order valence-corrected chi connectivity index (χ2v) is 7.81. The Morgan fingerprint density at radius 1 is 1.52 bits per heavy atom. The lowest BCUT2D eigenvalue weighted by Gasteiger charge is -2.34. The molecule has 7 heteroatoms. The highest BCUT2D eigenvalue weighted by Crippen LogP contribution is 2.21. The zero-order valence-corrected chi connectivity index (χ0v) is 14.9. The number of thioether (sulfide) groups is 1. The Labute approximate surface area is 142 Å². The summed E-state index contributed by atoms with van der Waals surface area (Å²) in [5.74, 6) is 2.53. The molecule has 2 aliphatic rings. The van der Waals surface area contributed by atoms with Crippen molar-refractivity contribution in [2.24, 2.45) is 7.05 Å². The van der Waals surface area contributed by atoms with Gasteiger partial charge in [0.05, 0.1) is 18.4 Å². The summed E-state index contributed by atoms with van der Waals surface area (Å²) in [6.07, 6.45) is 7.30. The van der Waals surface area contributed by atoms with Crippen molar-refractivity contribution in [3.8, 4) is 0 Å². The van der Waals surface area contributed by atoms with Crippen LogP contribution in [-0.2, 0) is 11.8 Å². The number of likely N-dealkylation sites (N-methyl/N-ethyl adjacent to an activating group) is 1. The predicted octanol–water partition coefficient (Wildman–Crippen LogP) is 0.942. The van der Waals surface area contributed by atoms with Crippen molar-refractivity contribution in [3.63, 3.8) is 0 Å². The molecule has 0 bridgehead atoms. The van der Waals surface area contributed by atoms with Crippen LogP contribution in [0.2, 0.25) is 0 Å². The fourth-order valence-electron chi connectivity index (χ4n) is 3.40. The van der Waals surface area contributed by atoms with Crippen LogP contribution in [-0.4, -0.2) is 70.9 Å². The topological polar surface area (TPSA) is 53.4 Å². The maximum absolute atomic E-state index is 12.3. The van der Waals surface area contributed by atoms with E-state index in [0.29, 0.717) is 12.6 Å². The molecule has 1 aromatic rings. The molecule has 2 atom stereocenters. The molecule has 23 heavy (non-hydrogen) atoms. The van der Waals surface area contributed by atoms with E-state index < -0.39 is 0 Å². The Morgan fingerprint density at radius 3 is 3.09 bits per heavy atom. The monoisotopic (exact) mass is 337 g/mol. The lowest BCUT2D eigenvalue weighted by molar-refractivity contribution is -0.123. The Balaban J connectivity index is 1.48. The number of hydrogen-bond acceptors (Lipinski definition) is 5. The number of aryl methyl sites for hydroxylation is 1. The van der Waals surface area contributed by atoms with Crippen LogP contribution in [0.4, 0.5) is 5.69 Å². The van der Waals surface area contributed by atoms with Gasteiger partial charge in [0, 0.05) is 44.2 Å². The van der Waals surface area contributed by atoms with Crippen LogP contribution in [0.5, 0.6) is 0 Å². The highest BCUT2D eigenvalue weighted by molar-refractivity contribution is 7.99. The van der Waals surface area contributed by atoms with E-state index in [2.05, 4.69) is 27.3 Å². The van der Waals surface area contributed by atoms with E-state index in [1.165, 1.54) is 12.2 Å². The number of amides is 1. The number of carbonyl (C=O) groups is 1. The SMILES string of the molecule is CN(CC(=O)NC1CCCN(c2cnn(C)c2)C1)C1CCSC1. The molecule has 2 unspecified atom stereocenters. The summed E-state index contributed by atoms with van der Waals surface area (Å²) in [7, 11) is 4.00. The number of hydrogen-bond donors (Lipinski definition) is 1. The summed E-state index contributed by atoms with van der Waals surface area (Å²) in [4.78, 5) is 16.9. The van der Waals surface area contributed by atoms with Crippen molar-refractivity contribution < 1.29 is 4.79 Å². The Bertz CT molecular complexity index is 528. The smallest absolute Gasteiger partial charge is 0.234 e. The van der Waals surface area contributed by atoms with Gasteiger partial charge in [0.2, 0.25) is 5.91 Å². The third kappa shape index (κ3) is 4.41. The first kappa shape index (κ1) is 16.6. The van der Waals surface area contributed by atoms with Crippen molar-refractivity contribution in [2.45, 2.75) is 31.3 Å². The number of rotatable bonds is 5. The van der Waals surface area contributed by atoms with Crippen LogP contribution < -0.4 is 10.2 Å². The Morgan fingerprint density at radius 2 is 2.39 bits per heavy atom. The van der Waals surface area contributed by atoms with Gasteiger partial charge >= 0.3 is 0 Å². The minimum atomic E-state index is 0.155. The van der Waals surface area contributed by atoms with Crippen molar-refractivity contribution >= 4 is 23.4 Å². The molecule has 3 heterocycles. The molecular weight excluding hydrogens is 310 g/mol. The van der Waals surface area contributed by atoms with E-state index in [4.69, 9.17) is 0 Å². The third-order valence-corrected chi connectivity index (χ3v) is 5.91. The number of carbonyl (C=O) groups excluding carboxylic acids is 1. The van der Waals surface area contributed by atoms with E-state index in [0.717, 1.165) is 37.4 Å². The van der Waals surface area contributed by atoms with Gasteiger partial charge < -0.3 is 10.2 Å². The molecule has 0 aliphatic carbocycles. The van der Waals surface area contributed by atoms with Crippen molar-refractivity contribution in [2.75, 3.05) is 43.1 Å². The fraction of sp³-hybridized carbons (Fsp3) is 0.750. The molecule has 1 amide bonds. The van der Waals surface area contributed by atoms with E-state index in [-0.39, 0.29) is 11.9 Å². The summed E-state index contributed by atoms with van der Waals surface area (Å²) >= 11 is 1.99. The van der Waals surface area contributed by atoms with Crippen LogP contribution in [0, 0.1) is 0 Å².